The molecule has 0 radical (unpaired) electrons. The molecule has 0 aliphatic carbocycles. The van der Waals surface area contributed by atoms with E-state index in [4.69, 9.17) is 9.47 Å². The molecule has 0 amide bonds. The summed E-state index contributed by atoms with van der Waals surface area (Å²) in [7, 11) is 0. The number of hydrogen-bond acceptors (Lipinski definition) is 3. The minimum absolute atomic E-state index is 0.0550. The quantitative estimate of drug-likeness (QED) is 0.789. The molecule has 0 bridgehead atoms. The van der Waals surface area contributed by atoms with Crippen LogP contribution in [-0.2, 0) is 4.74 Å². The molecular formula is C14H16F2O3. The van der Waals surface area contributed by atoms with Gasteiger partial charge in [0.2, 0.25) is 0 Å². The van der Waals surface area contributed by atoms with Crippen LogP contribution in [0.3, 0.4) is 0 Å². The standard InChI is InChI=1S/C14H16F2O3/c1-14(2)4-3-10(19-14)8-18-13-11(15)5-9(7-17)6-12(13)16/h5-7,10H,3-4,8H2,1-2H3. The summed E-state index contributed by atoms with van der Waals surface area (Å²) >= 11 is 0. The van der Waals surface area contributed by atoms with Gasteiger partial charge in [-0.25, -0.2) is 8.78 Å². The lowest BCUT2D eigenvalue weighted by molar-refractivity contribution is -0.0335. The zero-order chi connectivity index (χ0) is 14.0. The van der Waals surface area contributed by atoms with Crippen LogP contribution in [0.15, 0.2) is 12.1 Å². The van der Waals surface area contributed by atoms with Crippen molar-refractivity contribution in [1.29, 1.82) is 0 Å². The molecule has 19 heavy (non-hydrogen) atoms. The van der Waals surface area contributed by atoms with Crippen molar-refractivity contribution < 1.29 is 23.0 Å². The van der Waals surface area contributed by atoms with Gasteiger partial charge in [-0.1, -0.05) is 0 Å². The third kappa shape index (κ3) is 3.29. The van der Waals surface area contributed by atoms with Crippen LogP contribution < -0.4 is 4.74 Å². The Morgan fingerprint density at radius 3 is 2.53 bits per heavy atom. The molecule has 1 atom stereocenters. The third-order valence-corrected chi connectivity index (χ3v) is 3.12. The Hall–Kier alpha value is -1.49. The average Bonchev–Trinajstić information content (AvgIpc) is 2.67. The maximum atomic E-state index is 13.6. The normalized spacial score (nSPS) is 21.4. The minimum Gasteiger partial charge on any atom is -0.485 e. The van der Waals surface area contributed by atoms with Crippen LogP contribution in [0.4, 0.5) is 8.78 Å². The number of hydrogen-bond donors (Lipinski definition) is 0. The van der Waals surface area contributed by atoms with E-state index in [1.54, 1.807) is 0 Å². The first-order valence-corrected chi connectivity index (χ1v) is 6.16. The van der Waals surface area contributed by atoms with Crippen LogP contribution in [0.2, 0.25) is 0 Å². The Bertz CT molecular complexity index is 463. The molecule has 0 spiro atoms. The molecule has 3 nitrogen and oxygen atoms in total. The fraction of sp³-hybridized carbons (Fsp3) is 0.500. The van der Waals surface area contributed by atoms with Gasteiger partial charge in [0.15, 0.2) is 17.4 Å². The molecule has 0 aromatic heterocycles. The summed E-state index contributed by atoms with van der Waals surface area (Å²) in [5.74, 6) is -2.21. The van der Waals surface area contributed by atoms with Crippen LogP contribution in [0.5, 0.6) is 5.75 Å². The fourth-order valence-electron chi connectivity index (χ4n) is 2.16. The van der Waals surface area contributed by atoms with E-state index >= 15 is 0 Å². The predicted molar refractivity (Wildman–Crippen MR) is 65.4 cm³/mol. The van der Waals surface area contributed by atoms with Gasteiger partial charge in [0.05, 0.1) is 11.7 Å². The molecule has 1 fully saturated rings. The summed E-state index contributed by atoms with van der Waals surface area (Å²) < 4.78 is 37.9. The van der Waals surface area contributed by atoms with Gasteiger partial charge in [-0.15, -0.1) is 0 Å². The summed E-state index contributed by atoms with van der Waals surface area (Å²) in [6, 6.07) is 1.90. The van der Waals surface area contributed by atoms with E-state index in [1.165, 1.54) is 0 Å². The SMILES string of the molecule is CC1(C)CCC(COc2c(F)cc(C=O)cc2F)O1. The lowest BCUT2D eigenvalue weighted by Gasteiger charge is -2.19. The average molecular weight is 270 g/mol. The molecule has 1 saturated heterocycles. The number of aldehydes is 1. The number of benzene rings is 1. The van der Waals surface area contributed by atoms with Crippen molar-refractivity contribution in [2.45, 2.75) is 38.4 Å². The molecule has 1 unspecified atom stereocenters. The number of halogens is 2. The van der Waals surface area contributed by atoms with Crippen molar-refractivity contribution in [1.82, 2.24) is 0 Å². The van der Waals surface area contributed by atoms with Crippen LogP contribution in [0.25, 0.3) is 0 Å². The second kappa shape index (κ2) is 5.25. The van der Waals surface area contributed by atoms with Crippen molar-refractivity contribution in [2.75, 3.05) is 6.61 Å². The Labute approximate surface area is 110 Å². The van der Waals surface area contributed by atoms with Gasteiger partial charge >= 0.3 is 0 Å². The molecule has 1 heterocycles. The van der Waals surface area contributed by atoms with Crippen molar-refractivity contribution in [3.8, 4) is 5.75 Å². The van der Waals surface area contributed by atoms with Gasteiger partial charge in [0.1, 0.15) is 12.9 Å². The van der Waals surface area contributed by atoms with Crippen LogP contribution in [0, 0.1) is 11.6 Å². The topological polar surface area (TPSA) is 35.5 Å². The number of carbonyl (C=O) groups is 1. The highest BCUT2D eigenvalue weighted by Crippen LogP contribution is 2.30. The van der Waals surface area contributed by atoms with E-state index < -0.39 is 17.4 Å². The summed E-state index contributed by atoms with van der Waals surface area (Å²) in [6.45, 7) is 4.03. The van der Waals surface area contributed by atoms with E-state index in [1.807, 2.05) is 13.8 Å². The van der Waals surface area contributed by atoms with E-state index in [2.05, 4.69) is 0 Å². The van der Waals surface area contributed by atoms with E-state index in [0.29, 0.717) is 6.29 Å². The van der Waals surface area contributed by atoms with Gasteiger partial charge in [-0.05, 0) is 38.8 Å². The summed E-state index contributed by atoms with van der Waals surface area (Å²) in [6.07, 6.45) is 1.90. The zero-order valence-electron chi connectivity index (χ0n) is 10.9. The monoisotopic (exact) mass is 270 g/mol. The fourth-order valence-corrected chi connectivity index (χ4v) is 2.16. The second-order valence-corrected chi connectivity index (χ2v) is 5.28. The van der Waals surface area contributed by atoms with Gasteiger partial charge in [0, 0.05) is 5.56 Å². The maximum absolute atomic E-state index is 13.6. The maximum Gasteiger partial charge on any atom is 0.190 e. The van der Waals surface area contributed by atoms with E-state index in [-0.39, 0.29) is 23.9 Å². The zero-order valence-corrected chi connectivity index (χ0v) is 10.9. The van der Waals surface area contributed by atoms with Crippen molar-refractivity contribution in [3.63, 3.8) is 0 Å². The first-order chi connectivity index (χ1) is 8.91. The molecule has 1 aromatic rings. The van der Waals surface area contributed by atoms with Gasteiger partial charge in [0.25, 0.3) is 0 Å². The molecule has 1 aromatic carbocycles. The minimum atomic E-state index is -0.876. The highest BCUT2D eigenvalue weighted by atomic mass is 19.1. The van der Waals surface area contributed by atoms with Crippen molar-refractivity contribution in [2.24, 2.45) is 0 Å². The first kappa shape index (κ1) is 13.9. The van der Waals surface area contributed by atoms with Gasteiger partial charge in [-0.3, -0.25) is 4.79 Å². The Morgan fingerprint density at radius 2 is 2.05 bits per heavy atom. The molecule has 104 valence electrons. The van der Waals surface area contributed by atoms with Gasteiger partial charge in [-0.2, -0.15) is 0 Å². The lowest BCUT2D eigenvalue weighted by Crippen LogP contribution is -2.24. The first-order valence-electron chi connectivity index (χ1n) is 6.16. The van der Waals surface area contributed by atoms with Crippen LogP contribution >= 0.6 is 0 Å². The summed E-state index contributed by atoms with van der Waals surface area (Å²) in [5.41, 5.74) is -0.271. The Morgan fingerprint density at radius 1 is 1.42 bits per heavy atom. The molecule has 1 aliphatic heterocycles. The molecule has 1 aliphatic rings. The molecular weight excluding hydrogens is 254 g/mol. The number of carbonyl (C=O) groups excluding carboxylic acids is 1. The smallest absolute Gasteiger partial charge is 0.190 e. The Kier molecular flexibility index (Phi) is 3.85. The van der Waals surface area contributed by atoms with Crippen LogP contribution in [0.1, 0.15) is 37.0 Å². The van der Waals surface area contributed by atoms with Crippen LogP contribution in [-0.4, -0.2) is 24.6 Å². The number of ether oxygens (including phenoxy) is 2. The molecule has 0 saturated carbocycles. The lowest BCUT2D eigenvalue weighted by atomic mass is 10.1. The molecule has 2 rings (SSSR count). The van der Waals surface area contributed by atoms with Crippen molar-refractivity contribution in [3.05, 3.63) is 29.3 Å². The highest BCUT2D eigenvalue weighted by molar-refractivity contribution is 5.75. The van der Waals surface area contributed by atoms with E-state index in [0.717, 1.165) is 25.0 Å². The largest absolute Gasteiger partial charge is 0.485 e. The van der Waals surface area contributed by atoms with E-state index in [9.17, 15) is 13.6 Å². The summed E-state index contributed by atoms with van der Waals surface area (Å²) in [4.78, 5) is 10.5. The van der Waals surface area contributed by atoms with Gasteiger partial charge < -0.3 is 9.47 Å². The molecule has 5 heteroatoms. The van der Waals surface area contributed by atoms with Crippen molar-refractivity contribution >= 4 is 6.29 Å². The Balaban J connectivity index is 2.02. The second-order valence-electron chi connectivity index (χ2n) is 5.28. The predicted octanol–water partition coefficient (Wildman–Crippen LogP) is 3.11. The summed E-state index contributed by atoms with van der Waals surface area (Å²) in [5, 5.41) is 0. The third-order valence-electron chi connectivity index (χ3n) is 3.12. The molecule has 0 N–H and O–H groups in total. The number of rotatable bonds is 4. The highest BCUT2D eigenvalue weighted by Gasteiger charge is 2.32.